The first-order chi connectivity index (χ1) is 11.2. The molecule has 2 heterocycles. The van der Waals surface area contributed by atoms with Crippen molar-refractivity contribution in [2.45, 2.75) is 58.5 Å². The fourth-order valence-corrected chi connectivity index (χ4v) is 2.78. The second-order valence-corrected chi connectivity index (χ2v) is 7.47. The predicted octanol–water partition coefficient (Wildman–Crippen LogP) is 1.70. The molecule has 1 atom stereocenters. The molecule has 1 fully saturated rings. The van der Waals surface area contributed by atoms with Crippen molar-refractivity contribution in [1.82, 2.24) is 5.10 Å². The van der Waals surface area contributed by atoms with Crippen LogP contribution in [0.1, 0.15) is 51.8 Å². The van der Waals surface area contributed by atoms with Crippen LogP contribution in [0.3, 0.4) is 0 Å². The normalized spacial score (nSPS) is 20.3. The number of benzene rings is 1. The van der Waals surface area contributed by atoms with Crippen LogP contribution in [0.5, 0.6) is 0 Å². The molecule has 1 aromatic heterocycles. The maximum absolute atomic E-state index is 9.15. The third-order valence-corrected chi connectivity index (χ3v) is 5.26. The second-order valence-electron chi connectivity index (χ2n) is 7.47. The molecule has 0 saturated carbocycles. The van der Waals surface area contributed by atoms with Crippen molar-refractivity contribution in [2.75, 3.05) is 0 Å². The molecular weight excluding hydrogens is 303 g/mol. The van der Waals surface area contributed by atoms with E-state index in [1.165, 1.54) is 5.56 Å². The molecule has 1 aliphatic rings. The van der Waals surface area contributed by atoms with E-state index in [1.807, 2.05) is 41.3 Å². The van der Waals surface area contributed by atoms with Crippen molar-refractivity contribution >= 4 is 12.6 Å². The van der Waals surface area contributed by atoms with E-state index in [9.17, 15) is 0 Å². The Morgan fingerprint density at radius 3 is 2.25 bits per heavy atom. The lowest BCUT2D eigenvalue weighted by Gasteiger charge is -2.32. The summed E-state index contributed by atoms with van der Waals surface area (Å²) in [5.41, 5.74) is 2.38. The summed E-state index contributed by atoms with van der Waals surface area (Å²) in [4.78, 5) is 0. The molecule has 0 spiro atoms. The fourth-order valence-electron chi connectivity index (χ4n) is 2.78. The Hall–Kier alpha value is -1.63. The van der Waals surface area contributed by atoms with E-state index in [4.69, 9.17) is 14.4 Å². The van der Waals surface area contributed by atoms with E-state index in [0.29, 0.717) is 0 Å². The molecular formula is C18H26BN2O3+. The molecule has 5 nitrogen and oxygen atoms in total. The first-order valence-corrected chi connectivity index (χ1v) is 8.38. The maximum Gasteiger partial charge on any atom is 0.502 e. The molecule has 1 saturated heterocycles. The number of aliphatic hydroxyl groups excluding tert-OH is 1. The Bertz CT molecular complexity index is 693. The number of aromatic amines is 1. The summed E-state index contributed by atoms with van der Waals surface area (Å²) in [6.45, 7) is 10.4. The summed E-state index contributed by atoms with van der Waals surface area (Å²) >= 11 is 0. The van der Waals surface area contributed by atoms with Crippen LogP contribution in [-0.4, -0.2) is 28.5 Å². The Balaban J connectivity index is 1.78. The molecule has 6 heteroatoms. The van der Waals surface area contributed by atoms with Gasteiger partial charge in [-0.1, -0.05) is 24.3 Å². The highest BCUT2D eigenvalue weighted by Gasteiger charge is 2.52. The second kappa shape index (κ2) is 6.03. The molecule has 128 valence electrons. The quantitative estimate of drug-likeness (QED) is 0.663. The Morgan fingerprint density at radius 2 is 1.71 bits per heavy atom. The molecule has 2 aromatic rings. The number of rotatable bonds is 4. The molecule has 3 rings (SSSR count). The van der Waals surface area contributed by atoms with Gasteiger partial charge in [-0.2, -0.15) is 5.10 Å². The Labute approximate surface area is 143 Å². The zero-order valence-electron chi connectivity index (χ0n) is 15.0. The molecule has 0 amide bonds. The molecule has 0 aliphatic carbocycles. The van der Waals surface area contributed by atoms with E-state index < -0.39 is 0 Å². The number of hydrogen-bond donors (Lipinski definition) is 2. The largest absolute Gasteiger partial charge is 0.502 e. The van der Waals surface area contributed by atoms with Crippen LogP contribution < -0.4 is 10.1 Å². The number of aliphatic hydroxyl groups is 1. The highest BCUT2D eigenvalue weighted by atomic mass is 16.7. The van der Waals surface area contributed by atoms with Gasteiger partial charge in [0, 0.05) is 12.5 Å². The van der Waals surface area contributed by atoms with Crippen LogP contribution in [0.2, 0.25) is 0 Å². The van der Waals surface area contributed by atoms with Gasteiger partial charge in [0.2, 0.25) is 6.04 Å². The lowest BCUT2D eigenvalue weighted by atomic mass is 9.82. The third kappa shape index (κ3) is 3.01. The molecule has 1 aliphatic heterocycles. The standard InChI is InChI=1S/C18H25BN2O3/c1-13(15-8-6-14(12-22)7-9-15)21-11-16(10-20-21)19-23-17(2,3)18(4,5)24-19/h6-11,13,22H,12H2,1-5H3/p+1. The van der Waals surface area contributed by atoms with Crippen molar-refractivity contribution < 1.29 is 19.1 Å². The van der Waals surface area contributed by atoms with Crippen LogP contribution in [-0.2, 0) is 15.9 Å². The Morgan fingerprint density at radius 1 is 1.12 bits per heavy atom. The zero-order chi connectivity index (χ0) is 17.5. The van der Waals surface area contributed by atoms with Crippen LogP contribution in [0.15, 0.2) is 36.7 Å². The van der Waals surface area contributed by atoms with Gasteiger partial charge in [-0.3, -0.25) is 0 Å². The van der Waals surface area contributed by atoms with Gasteiger partial charge in [0.05, 0.1) is 29.5 Å². The van der Waals surface area contributed by atoms with Gasteiger partial charge >= 0.3 is 7.12 Å². The predicted molar refractivity (Wildman–Crippen MR) is 92.9 cm³/mol. The van der Waals surface area contributed by atoms with E-state index in [2.05, 4.69) is 39.7 Å². The highest BCUT2D eigenvalue weighted by Crippen LogP contribution is 2.36. The molecule has 0 bridgehead atoms. The first kappa shape index (κ1) is 17.2. The molecule has 0 radical (unpaired) electrons. The summed E-state index contributed by atoms with van der Waals surface area (Å²) < 4.78 is 14.2. The van der Waals surface area contributed by atoms with Crippen LogP contribution in [0, 0.1) is 0 Å². The summed E-state index contributed by atoms with van der Waals surface area (Å²) in [5, 5.41) is 12.4. The minimum Gasteiger partial charge on any atom is -0.399 e. The summed E-state index contributed by atoms with van der Waals surface area (Å²) in [5.74, 6) is 0. The van der Waals surface area contributed by atoms with Gasteiger partial charge in [-0.05, 0) is 33.3 Å². The number of hydrogen-bond acceptors (Lipinski definition) is 3. The maximum atomic E-state index is 9.15. The monoisotopic (exact) mass is 329 g/mol. The lowest BCUT2D eigenvalue weighted by Crippen LogP contribution is -2.42. The lowest BCUT2D eigenvalue weighted by molar-refractivity contribution is -0.762. The SMILES string of the molecule is CC(c1ccc(CO)cc1)[n+]1cc(B2OC(C)(C)C(C)(C)O2)c[nH]1. The van der Waals surface area contributed by atoms with Crippen molar-refractivity contribution in [3.63, 3.8) is 0 Å². The average Bonchev–Trinajstić information content (AvgIpc) is 3.10. The van der Waals surface area contributed by atoms with Gasteiger partial charge in [0.1, 0.15) is 0 Å². The average molecular weight is 329 g/mol. The van der Waals surface area contributed by atoms with Crippen molar-refractivity contribution in [2.24, 2.45) is 0 Å². The number of H-pyrrole nitrogens is 1. The molecule has 1 unspecified atom stereocenters. The Kier molecular flexibility index (Phi) is 4.32. The van der Waals surface area contributed by atoms with Crippen LogP contribution in [0.4, 0.5) is 0 Å². The summed E-state index contributed by atoms with van der Waals surface area (Å²) in [7, 11) is -0.364. The van der Waals surface area contributed by atoms with Gasteiger partial charge in [0.15, 0.2) is 6.20 Å². The number of nitrogens with zero attached hydrogens (tertiary/aromatic N) is 1. The first-order valence-electron chi connectivity index (χ1n) is 8.38. The van der Waals surface area contributed by atoms with Crippen molar-refractivity contribution in [3.8, 4) is 0 Å². The smallest absolute Gasteiger partial charge is 0.399 e. The van der Waals surface area contributed by atoms with Gasteiger partial charge in [0.25, 0.3) is 0 Å². The van der Waals surface area contributed by atoms with E-state index >= 15 is 0 Å². The fraction of sp³-hybridized carbons (Fsp3) is 0.500. The number of nitrogens with one attached hydrogen (secondary N) is 1. The van der Waals surface area contributed by atoms with Crippen molar-refractivity contribution in [3.05, 3.63) is 47.8 Å². The van der Waals surface area contributed by atoms with Gasteiger partial charge < -0.3 is 14.4 Å². The summed E-state index contributed by atoms with van der Waals surface area (Å²) in [6.07, 6.45) is 3.97. The third-order valence-electron chi connectivity index (χ3n) is 5.26. The molecule has 24 heavy (non-hydrogen) atoms. The van der Waals surface area contributed by atoms with E-state index in [1.54, 1.807) is 0 Å². The van der Waals surface area contributed by atoms with Crippen molar-refractivity contribution in [1.29, 1.82) is 0 Å². The summed E-state index contributed by atoms with van der Waals surface area (Å²) in [6, 6.07) is 8.13. The van der Waals surface area contributed by atoms with Crippen LogP contribution in [0.25, 0.3) is 0 Å². The number of aromatic nitrogens is 2. The van der Waals surface area contributed by atoms with Gasteiger partial charge in [-0.25, -0.2) is 0 Å². The van der Waals surface area contributed by atoms with Crippen LogP contribution >= 0.6 is 0 Å². The highest BCUT2D eigenvalue weighted by molar-refractivity contribution is 6.61. The van der Waals surface area contributed by atoms with E-state index in [0.717, 1.165) is 11.0 Å². The van der Waals surface area contributed by atoms with Gasteiger partial charge in [-0.15, -0.1) is 4.68 Å². The zero-order valence-corrected chi connectivity index (χ0v) is 15.0. The molecule has 2 N–H and O–H groups in total. The topological polar surface area (TPSA) is 58.4 Å². The minimum absolute atomic E-state index is 0.0659. The van der Waals surface area contributed by atoms with E-state index in [-0.39, 0.29) is 31.0 Å². The minimum atomic E-state index is -0.364. The molecule has 1 aromatic carbocycles.